The van der Waals surface area contributed by atoms with Crippen LogP contribution in [0.3, 0.4) is 0 Å². The Morgan fingerprint density at radius 2 is 1.84 bits per heavy atom. The summed E-state index contributed by atoms with van der Waals surface area (Å²) in [6, 6.07) is 17.6. The molecule has 0 unspecified atom stereocenters. The molecule has 0 radical (unpaired) electrons. The van der Waals surface area contributed by atoms with E-state index in [1.807, 2.05) is 24.3 Å². The van der Waals surface area contributed by atoms with Crippen molar-refractivity contribution in [2.45, 2.75) is 26.8 Å². The van der Waals surface area contributed by atoms with Crippen LogP contribution in [0.25, 0.3) is 11.0 Å². The van der Waals surface area contributed by atoms with E-state index in [4.69, 9.17) is 9.72 Å². The third-order valence-electron chi connectivity index (χ3n) is 5.37. The number of pyridine rings is 1. The fraction of sp³-hybridized carbons (Fsp3) is 0.240. The number of nitrogens with one attached hydrogen (secondary N) is 1. The van der Waals surface area contributed by atoms with Crippen molar-refractivity contribution in [1.82, 2.24) is 19.9 Å². The van der Waals surface area contributed by atoms with E-state index in [1.54, 1.807) is 24.5 Å². The first kappa shape index (κ1) is 20.6. The van der Waals surface area contributed by atoms with Gasteiger partial charge in [-0.2, -0.15) is 0 Å². The number of fused-ring (bicyclic) bond motifs is 1. The van der Waals surface area contributed by atoms with Crippen LogP contribution in [0.15, 0.2) is 67.0 Å². The second-order valence-electron chi connectivity index (χ2n) is 7.50. The van der Waals surface area contributed by atoms with Gasteiger partial charge in [0.2, 0.25) is 0 Å². The maximum atomic E-state index is 12.3. The zero-order valence-electron chi connectivity index (χ0n) is 17.8. The Kier molecular flexibility index (Phi) is 6.26. The third-order valence-corrected chi connectivity index (χ3v) is 5.37. The number of para-hydroxylation sites is 2. The molecule has 2 aromatic heterocycles. The zero-order chi connectivity index (χ0) is 21.6. The minimum atomic E-state index is -0.108. The van der Waals surface area contributed by atoms with Crippen molar-refractivity contribution in [3.05, 3.63) is 89.5 Å². The largest absolute Gasteiger partial charge is 0.492 e. The second kappa shape index (κ2) is 9.43. The summed E-state index contributed by atoms with van der Waals surface area (Å²) < 4.78 is 8.17. The van der Waals surface area contributed by atoms with Crippen molar-refractivity contribution in [2.75, 3.05) is 13.2 Å². The van der Waals surface area contributed by atoms with E-state index in [0.29, 0.717) is 31.7 Å². The van der Waals surface area contributed by atoms with Crippen molar-refractivity contribution < 1.29 is 9.53 Å². The smallest absolute Gasteiger partial charge is 0.251 e. The van der Waals surface area contributed by atoms with E-state index >= 15 is 0 Å². The topological polar surface area (TPSA) is 69.0 Å². The molecular formula is C25H26N4O2. The highest BCUT2D eigenvalue weighted by Gasteiger charge is 2.12. The fourth-order valence-corrected chi connectivity index (χ4v) is 3.52. The highest BCUT2D eigenvalue weighted by molar-refractivity contribution is 5.93. The molecule has 6 nitrogen and oxygen atoms in total. The molecule has 0 aliphatic heterocycles. The molecular weight excluding hydrogens is 388 g/mol. The summed E-state index contributed by atoms with van der Waals surface area (Å²) in [7, 11) is 0. The van der Waals surface area contributed by atoms with Gasteiger partial charge in [-0.3, -0.25) is 9.78 Å². The number of ether oxygens (including phenoxy) is 1. The molecule has 4 rings (SSSR count). The first-order valence-electron chi connectivity index (χ1n) is 10.4. The molecule has 31 heavy (non-hydrogen) atoms. The van der Waals surface area contributed by atoms with Crippen LogP contribution in [-0.2, 0) is 13.0 Å². The highest BCUT2D eigenvalue weighted by Crippen LogP contribution is 2.19. The molecule has 1 N–H and O–H groups in total. The number of hydrogen-bond donors (Lipinski definition) is 1. The Bertz CT molecular complexity index is 1180. The summed E-state index contributed by atoms with van der Waals surface area (Å²) in [4.78, 5) is 21.0. The van der Waals surface area contributed by atoms with Gasteiger partial charge in [0.05, 0.1) is 17.6 Å². The maximum Gasteiger partial charge on any atom is 0.251 e. The van der Waals surface area contributed by atoms with E-state index in [-0.39, 0.29) is 5.91 Å². The monoisotopic (exact) mass is 414 g/mol. The standard InChI is InChI=1S/C25H26N4O2/c1-18-7-8-21(17-19(18)2)31-16-15-29-23-6-4-3-5-22(23)28-24(29)11-14-27-25(30)20-9-12-26-13-10-20/h3-10,12-13,17H,11,14-16H2,1-2H3,(H,27,30). The van der Waals surface area contributed by atoms with Crippen LogP contribution in [0.1, 0.15) is 27.3 Å². The number of amides is 1. The van der Waals surface area contributed by atoms with E-state index in [1.165, 1.54) is 11.1 Å². The summed E-state index contributed by atoms with van der Waals surface area (Å²) in [6.07, 6.45) is 3.86. The molecule has 0 fully saturated rings. The summed E-state index contributed by atoms with van der Waals surface area (Å²) in [5.74, 6) is 1.70. The number of carbonyl (C=O) groups excluding carboxylic acids is 1. The molecule has 1 amide bonds. The van der Waals surface area contributed by atoms with Crippen LogP contribution in [0.5, 0.6) is 5.75 Å². The third kappa shape index (κ3) is 4.91. The number of imidazole rings is 1. The van der Waals surface area contributed by atoms with Gasteiger partial charge in [-0.05, 0) is 61.4 Å². The number of carbonyl (C=O) groups is 1. The number of nitrogens with zero attached hydrogens (tertiary/aromatic N) is 3. The molecule has 2 aromatic carbocycles. The molecule has 0 aliphatic rings. The predicted octanol–water partition coefficient (Wildman–Crippen LogP) is 4.10. The minimum absolute atomic E-state index is 0.108. The van der Waals surface area contributed by atoms with Crippen molar-refractivity contribution >= 4 is 16.9 Å². The highest BCUT2D eigenvalue weighted by atomic mass is 16.5. The molecule has 158 valence electrons. The Labute approximate surface area is 181 Å². The van der Waals surface area contributed by atoms with Crippen molar-refractivity contribution in [3.8, 4) is 5.75 Å². The van der Waals surface area contributed by atoms with Gasteiger partial charge < -0.3 is 14.6 Å². The molecule has 0 saturated carbocycles. The summed E-state index contributed by atoms with van der Waals surface area (Å²) in [5, 5.41) is 2.96. The Morgan fingerprint density at radius 1 is 1.03 bits per heavy atom. The molecule has 4 aromatic rings. The van der Waals surface area contributed by atoms with Crippen LogP contribution in [0, 0.1) is 13.8 Å². The fourth-order valence-electron chi connectivity index (χ4n) is 3.52. The van der Waals surface area contributed by atoms with E-state index in [9.17, 15) is 4.79 Å². The normalized spacial score (nSPS) is 10.9. The molecule has 0 bridgehead atoms. The minimum Gasteiger partial charge on any atom is -0.492 e. The Balaban J connectivity index is 1.42. The summed E-state index contributed by atoms with van der Waals surface area (Å²) in [5.41, 5.74) is 5.09. The second-order valence-corrected chi connectivity index (χ2v) is 7.50. The van der Waals surface area contributed by atoms with Crippen LogP contribution in [-0.4, -0.2) is 33.6 Å². The van der Waals surface area contributed by atoms with E-state index in [0.717, 1.165) is 22.6 Å². The van der Waals surface area contributed by atoms with Gasteiger partial charge in [-0.25, -0.2) is 4.98 Å². The predicted molar refractivity (Wildman–Crippen MR) is 121 cm³/mol. The van der Waals surface area contributed by atoms with Gasteiger partial charge in [0.1, 0.15) is 18.2 Å². The van der Waals surface area contributed by atoms with Crippen LogP contribution in [0.2, 0.25) is 0 Å². The average molecular weight is 415 g/mol. The lowest BCUT2D eigenvalue weighted by atomic mass is 10.1. The lowest BCUT2D eigenvalue weighted by molar-refractivity contribution is 0.0953. The van der Waals surface area contributed by atoms with E-state index in [2.05, 4.69) is 46.9 Å². The molecule has 6 heteroatoms. The van der Waals surface area contributed by atoms with Crippen LogP contribution >= 0.6 is 0 Å². The number of hydrogen-bond acceptors (Lipinski definition) is 4. The lowest BCUT2D eigenvalue weighted by Crippen LogP contribution is -2.26. The van der Waals surface area contributed by atoms with Crippen LogP contribution in [0.4, 0.5) is 0 Å². The molecule has 0 saturated heterocycles. The first-order chi connectivity index (χ1) is 15.1. The van der Waals surface area contributed by atoms with Gasteiger partial charge in [0.25, 0.3) is 5.91 Å². The van der Waals surface area contributed by atoms with Gasteiger partial charge >= 0.3 is 0 Å². The van der Waals surface area contributed by atoms with Crippen molar-refractivity contribution in [1.29, 1.82) is 0 Å². The molecule has 2 heterocycles. The van der Waals surface area contributed by atoms with Gasteiger partial charge in [0.15, 0.2) is 0 Å². The van der Waals surface area contributed by atoms with Gasteiger partial charge in [0, 0.05) is 30.9 Å². The van der Waals surface area contributed by atoms with Crippen molar-refractivity contribution in [2.24, 2.45) is 0 Å². The lowest BCUT2D eigenvalue weighted by Gasteiger charge is -2.12. The maximum absolute atomic E-state index is 12.3. The number of rotatable bonds is 8. The number of aromatic nitrogens is 3. The molecule has 0 atom stereocenters. The summed E-state index contributed by atoms with van der Waals surface area (Å²) >= 11 is 0. The molecule has 0 spiro atoms. The molecule has 0 aliphatic carbocycles. The van der Waals surface area contributed by atoms with Gasteiger partial charge in [-0.15, -0.1) is 0 Å². The Hall–Kier alpha value is -3.67. The quantitative estimate of drug-likeness (QED) is 0.471. The van der Waals surface area contributed by atoms with E-state index < -0.39 is 0 Å². The SMILES string of the molecule is Cc1ccc(OCCn2c(CCNC(=O)c3ccncc3)nc3ccccc32)cc1C. The van der Waals surface area contributed by atoms with Crippen LogP contribution < -0.4 is 10.1 Å². The first-order valence-corrected chi connectivity index (χ1v) is 10.4. The Morgan fingerprint density at radius 3 is 2.65 bits per heavy atom. The average Bonchev–Trinajstić information content (AvgIpc) is 3.14. The van der Waals surface area contributed by atoms with Crippen molar-refractivity contribution in [3.63, 3.8) is 0 Å². The zero-order valence-corrected chi connectivity index (χ0v) is 17.8. The number of aryl methyl sites for hydroxylation is 2. The van der Waals surface area contributed by atoms with Gasteiger partial charge in [-0.1, -0.05) is 18.2 Å². The number of benzene rings is 2. The summed E-state index contributed by atoms with van der Waals surface area (Å²) in [6.45, 7) is 5.91.